The van der Waals surface area contributed by atoms with Crippen LogP contribution in [0.25, 0.3) is 0 Å². The number of halogens is 4. The van der Waals surface area contributed by atoms with Crippen molar-refractivity contribution in [3.8, 4) is 0 Å². The van der Waals surface area contributed by atoms with Gasteiger partial charge in [0.05, 0.1) is 36.0 Å². The third-order valence-corrected chi connectivity index (χ3v) is 10.7. The average Bonchev–Trinajstić information content (AvgIpc) is 3.64. The topological polar surface area (TPSA) is 89.4 Å². The van der Waals surface area contributed by atoms with Crippen molar-refractivity contribution < 1.29 is 30.7 Å². The maximum absolute atomic E-state index is 13.4. The molecule has 2 aromatic heterocycles. The summed E-state index contributed by atoms with van der Waals surface area (Å²) >= 11 is 0.918. The molecule has 224 valence electrons. The molecule has 14 heteroatoms. The number of aromatic nitrogens is 3. The second-order valence-corrected chi connectivity index (χ2v) is 13.2. The van der Waals surface area contributed by atoms with Crippen molar-refractivity contribution in [2.75, 3.05) is 25.5 Å². The van der Waals surface area contributed by atoms with Crippen LogP contribution in [0.2, 0.25) is 0 Å². The molecule has 0 radical (unpaired) electrons. The highest BCUT2D eigenvalue weighted by atomic mass is 32.2. The summed E-state index contributed by atoms with van der Waals surface area (Å²) in [7, 11) is -2.20. The zero-order valence-corrected chi connectivity index (χ0v) is 24.4. The number of benzene rings is 2. The van der Waals surface area contributed by atoms with Gasteiger partial charge in [0.15, 0.2) is 9.34 Å². The number of hydrogen-bond acceptors (Lipinski definition) is 7. The van der Waals surface area contributed by atoms with E-state index in [-0.39, 0.29) is 46.3 Å². The number of thiazole rings is 1. The molecule has 1 aliphatic heterocycles. The maximum atomic E-state index is 13.4. The Bertz CT molecular complexity index is 1600. The highest BCUT2D eigenvalue weighted by Gasteiger charge is 2.36. The third-order valence-electron chi connectivity index (χ3n) is 7.48. The van der Waals surface area contributed by atoms with Gasteiger partial charge in [0.2, 0.25) is 0 Å². The number of alkyl halides is 3. The Morgan fingerprint density at radius 3 is 2.33 bits per heavy atom. The number of methoxy groups -OCH3 is 1. The van der Waals surface area contributed by atoms with Crippen molar-refractivity contribution in [1.29, 1.82) is 0 Å². The molecule has 0 aliphatic carbocycles. The van der Waals surface area contributed by atoms with E-state index < -0.39 is 21.8 Å². The summed E-state index contributed by atoms with van der Waals surface area (Å²) < 4.78 is 88.0. The van der Waals surface area contributed by atoms with E-state index in [0.717, 1.165) is 34.7 Å². The number of piperidine rings is 1. The number of nitrogens with one attached hydrogen (secondary N) is 1. The summed E-state index contributed by atoms with van der Waals surface area (Å²) in [5.41, 5.74) is 1.36. The van der Waals surface area contributed by atoms with E-state index in [2.05, 4.69) is 15.3 Å². The second kappa shape index (κ2) is 12.1. The van der Waals surface area contributed by atoms with Gasteiger partial charge in [0, 0.05) is 25.9 Å². The maximum Gasteiger partial charge on any atom is 0.416 e. The van der Waals surface area contributed by atoms with Crippen LogP contribution in [0.5, 0.6) is 0 Å². The fourth-order valence-electron chi connectivity index (χ4n) is 5.16. The number of ether oxygens (including phenoxy) is 1. The van der Waals surface area contributed by atoms with E-state index in [1.807, 2.05) is 11.5 Å². The van der Waals surface area contributed by atoms with Crippen LogP contribution < -0.4 is 5.32 Å². The minimum Gasteiger partial charge on any atom is -0.375 e. The van der Waals surface area contributed by atoms with Crippen LogP contribution >= 0.6 is 11.3 Å². The molecule has 1 aliphatic rings. The number of hydrogen-bond donors (Lipinski definition) is 1. The molecule has 1 N–H and O–H groups in total. The van der Waals surface area contributed by atoms with E-state index in [0.29, 0.717) is 18.5 Å². The van der Waals surface area contributed by atoms with Crippen molar-refractivity contribution in [1.82, 2.24) is 18.8 Å². The van der Waals surface area contributed by atoms with Crippen LogP contribution in [0.1, 0.15) is 48.7 Å². The number of sulfonamides is 1. The van der Waals surface area contributed by atoms with E-state index in [1.54, 1.807) is 31.8 Å². The van der Waals surface area contributed by atoms with Crippen LogP contribution in [-0.4, -0.2) is 47.5 Å². The standard InChI is InChI=1S/C28H29F4N5O3S2/c1-18(19-3-7-22(29)8-4-19)37-17-33-15-24(37)26(40-2)20-11-13-36(14-12-20)42(38,39)25-16-34-27(41-25)35-23-9-5-21(6-10-23)28(30,31)32/h3-10,15-18,20,26H,11-14H2,1-2H3,(H,34,35)/t18-,26?/m1/s1. The van der Waals surface area contributed by atoms with Crippen LogP contribution in [0.15, 0.2) is 71.5 Å². The predicted molar refractivity (Wildman–Crippen MR) is 151 cm³/mol. The Morgan fingerprint density at radius 1 is 1.05 bits per heavy atom. The molecule has 0 saturated carbocycles. The summed E-state index contributed by atoms with van der Waals surface area (Å²) in [6, 6.07) is 10.6. The highest BCUT2D eigenvalue weighted by molar-refractivity contribution is 7.91. The molecule has 1 unspecified atom stereocenters. The van der Waals surface area contributed by atoms with Gasteiger partial charge in [-0.25, -0.2) is 22.8 Å². The SMILES string of the molecule is COC(c1cncn1[C@H](C)c1ccc(F)cc1)C1CCN(S(=O)(=O)c2cnc(Nc3ccc(C(F)(F)F)cc3)s2)CC1. The molecule has 0 amide bonds. The van der Waals surface area contributed by atoms with Gasteiger partial charge in [-0.3, -0.25) is 0 Å². The minimum absolute atomic E-state index is 0.0377. The Hall–Kier alpha value is -3.33. The molecule has 5 rings (SSSR count). The normalized spacial score (nSPS) is 16.8. The van der Waals surface area contributed by atoms with Crippen molar-refractivity contribution in [2.24, 2.45) is 5.92 Å². The van der Waals surface area contributed by atoms with Gasteiger partial charge in [-0.2, -0.15) is 17.5 Å². The molecule has 2 atom stereocenters. The largest absolute Gasteiger partial charge is 0.416 e. The first kappa shape index (κ1) is 30.1. The smallest absolute Gasteiger partial charge is 0.375 e. The van der Waals surface area contributed by atoms with Crippen molar-refractivity contribution in [2.45, 2.75) is 42.3 Å². The lowest BCUT2D eigenvalue weighted by atomic mass is 9.90. The van der Waals surface area contributed by atoms with Gasteiger partial charge >= 0.3 is 6.18 Å². The molecule has 42 heavy (non-hydrogen) atoms. The molecular weight excluding hydrogens is 594 g/mol. The summed E-state index contributed by atoms with van der Waals surface area (Å²) in [6.45, 7) is 2.57. The lowest BCUT2D eigenvalue weighted by molar-refractivity contribution is -0.137. The molecule has 1 saturated heterocycles. The molecule has 2 aromatic carbocycles. The van der Waals surface area contributed by atoms with E-state index in [4.69, 9.17) is 4.74 Å². The van der Waals surface area contributed by atoms with Crippen LogP contribution in [0.3, 0.4) is 0 Å². The highest BCUT2D eigenvalue weighted by Crippen LogP contribution is 2.38. The van der Waals surface area contributed by atoms with Gasteiger partial charge in [-0.1, -0.05) is 23.5 Å². The lowest BCUT2D eigenvalue weighted by Gasteiger charge is -2.35. The molecular formula is C28H29F4N5O3S2. The fraction of sp³-hybridized carbons (Fsp3) is 0.357. The Balaban J connectivity index is 1.23. The number of rotatable bonds is 9. The number of anilines is 2. The van der Waals surface area contributed by atoms with Gasteiger partial charge in [-0.05, 0) is 67.6 Å². The van der Waals surface area contributed by atoms with Crippen molar-refractivity contribution in [3.63, 3.8) is 0 Å². The molecule has 0 bridgehead atoms. The molecule has 1 fully saturated rings. The van der Waals surface area contributed by atoms with Gasteiger partial charge in [-0.15, -0.1) is 0 Å². The monoisotopic (exact) mass is 623 g/mol. The Morgan fingerprint density at radius 2 is 1.71 bits per heavy atom. The second-order valence-electron chi connectivity index (χ2n) is 10.0. The van der Waals surface area contributed by atoms with Gasteiger partial charge < -0.3 is 14.6 Å². The fourth-order valence-corrected chi connectivity index (χ4v) is 7.84. The van der Waals surface area contributed by atoms with Crippen LogP contribution in [0, 0.1) is 11.7 Å². The van der Waals surface area contributed by atoms with E-state index in [1.165, 1.54) is 34.8 Å². The van der Waals surface area contributed by atoms with E-state index >= 15 is 0 Å². The summed E-state index contributed by atoms with van der Waals surface area (Å²) in [5, 5.41) is 3.12. The summed E-state index contributed by atoms with van der Waals surface area (Å²) in [5.74, 6) is -0.270. The van der Waals surface area contributed by atoms with Crippen molar-refractivity contribution in [3.05, 3.63) is 89.9 Å². The van der Waals surface area contributed by atoms with Crippen LogP contribution in [0.4, 0.5) is 28.4 Å². The summed E-state index contributed by atoms with van der Waals surface area (Å²) in [4.78, 5) is 8.45. The first-order chi connectivity index (χ1) is 20.0. The van der Waals surface area contributed by atoms with Gasteiger partial charge in [0.25, 0.3) is 10.0 Å². The average molecular weight is 624 g/mol. The Kier molecular flexibility index (Phi) is 8.69. The quantitative estimate of drug-likeness (QED) is 0.210. The lowest BCUT2D eigenvalue weighted by Crippen LogP contribution is -2.40. The zero-order valence-electron chi connectivity index (χ0n) is 22.8. The predicted octanol–water partition coefficient (Wildman–Crippen LogP) is 6.64. The molecule has 3 heterocycles. The van der Waals surface area contributed by atoms with Gasteiger partial charge in [0.1, 0.15) is 11.9 Å². The van der Waals surface area contributed by atoms with Crippen molar-refractivity contribution >= 4 is 32.2 Å². The zero-order chi connectivity index (χ0) is 30.1. The Labute approximate surface area is 245 Å². The number of nitrogens with zero attached hydrogens (tertiary/aromatic N) is 4. The first-order valence-corrected chi connectivity index (χ1v) is 15.4. The van der Waals surface area contributed by atoms with E-state index in [9.17, 15) is 26.0 Å². The third kappa shape index (κ3) is 6.36. The first-order valence-electron chi connectivity index (χ1n) is 13.2. The summed E-state index contributed by atoms with van der Waals surface area (Å²) in [6.07, 6.45) is 1.08. The van der Waals surface area contributed by atoms with Crippen LogP contribution in [-0.2, 0) is 20.9 Å². The molecule has 8 nitrogen and oxygen atoms in total. The minimum atomic E-state index is -4.44. The number of imidazole rings is 1. The molecule has 0 spiro atoms. The molecule has 4 aromatic rings.